The van der Waals surface area contributed by atoms with Gasteiger partial charge in [0, 0.05) is 19.6 Å². The molecule has 47 heavy (non-hydrogen) atoms. The first-order chi connectivity index (χ1) is 22.1. The van der Waals surface area contributed by atoms with E-state index in [-0.39, 0.29) is 37.4 Å². The summed E-state index contributed by atoms with van der Waals surface area (Å²) in [5.41, 5.74) is -6.28. The highest BCUT2D eigenvalue weighted by Crippen LogP contribution is 2.72. The van der Waals surface area contributed by atoms with Crippen molar-refractivity contribution in [1.29, 1.82) is 0 Å². The molecule has 5 fully saturated rings. The van der Waals surface area contributed by atoms with Gasteiger partial charge in [0.05, 0.1) is 35.4 Å². The van der Waals surface area contributed by atoms with E-state index in [4.69, 9.17) is 18.9 Å². The summed E-state index contributed by atoms with van der Waals surface area (Å²) in [5, 5.41) is 58.9. The monoisotopic (exact) mass is 658 g/mol. The molecular formula is C37H54O10. The summed E-state index contributed by atoms with van der Waals surface area (Å²) < 4.78 is 24.1. The number of fused-ring (bicyclic) bond motifs is 5. The number of aliphatic hydroxyl groups is 5. The van der Waals surface area contributed by atoms with Crippen molar-refractivity contribution >= 4 is 12.0 Å². The lowest BCUT2D eigenvalue weighted by atomic mass is 9.40. The molecule has 0 spiro atoms. The van der Waals surface area contributed by atoms with Gasteiger partial charge in [-0.05, 0) is 94.1 Å². The molecule has 14 unspecified atom stereocenters. The van der Waals surface area contributed by atoms with Crippen LogP contribution in [-0.2, 0) is 23.7 Å². The Kier molecular flexibility index (Phi) is 9.27. The highest BCUT2D eigenvalue weighted by molar-refractivity contribution is 5.87. The highest BCUT2D eigenvalue weighted by Gasteiger charge is 2.81. The van der Waals surface area contributed by atoms with Gasteiger partial charge in [0.2, 0.25) is 0 Å². The smallest absolute Gasteiger partial charge is 0.331 e. The molecule has 6 rings (SSSR count). The first-order valence-electron chi connectivity index (χ1n) is 17.4. The summed E-state index contributed by atoms with van der Waals surface area (Å²) in [6.07, 6.45) is 2.71. The number of hydrogen-bond donors (Lipinski definition) is 5. The Morgan fingerprint density at radius 2 is 1.74 bits per heavy atom. The van der Waals surface area contributed by atoms with Crippen LogP contribution in [0.2, 0.25) is 0 Å². The van der Waals surface area contributed by atoms with E-state index < -0.39 is 70.2 Å². The van der Waals surface area contributed by atoms with Crippen LogP contribution < -0.4 is 0 Å². The van der Waals surface area contributed by atoms with Crippen LogP contribution >= 0.6 is 0 Å². The molecule has 10 nitrogen and oxygen atoms in total. The maximum absolute atomic E-state index is 13.4. The summed E-state index contributed by atoms with van der Waals surface area (Å²) in [4.78, 5) is 13.4. The Morgan fingerprint density at radius 1 is 1.02 bits per heavy atom. The van der Waals surface area contributed by atoms with Gasteiger partial charge < -0.3 is 44.5 Å². The largest absolute Gasteiger partial charge is 0.458 e. The van der Waals surface area contributed by atoms with E-state index in [0.717, 1.165) is 18.4 Å². The molecule has 1 saturated heterocycles. The topological polar surface area (TPSA) is 155 Å². The van der Waals surface area contributed by atoms with Crippen molar-refractivity contribution in [3.05, 3.63) is 42.0 Å². The summed E-state index contributed by atoms with van der Waals surface area (Å²) in [6.45, 7) is 7.16. The molecule has 4 saturated carbocycles. The van der Waals surface area contributed by atoms with Gasteiger partial charge in [-0.2, -0.15) is 0 Å². The van der Waals surface area contributed by atoms with Crippen molar-refractivity contribution in [2.75, 3.05) is 7.11 Å². The summed E-state index contributed by atoms with van der Waals surface area (Å²) in [7, 11) is 1.58. The minimum atomic E-state index is -1.81. The second-order valence-electron chi connectivity index (χ2n) is 15.6. The predicted octanol–water partition coefficient (Wildman–Crippen LogP) is 3.50. The number of methoxy groups -OCH3 is 1. The van der Waals surface area contributed by atoms with Gasteiger partial charge in [0.15, 0.2) is 6.29 Å². The van der Waals surface area contributed by atoms with Crippen LogP contribution in [0.15, 0.2) is 36.4 Å². The molecule has 5 aliphatic rings. The van der Waals surface area contributed by atoms with Crippen molar-refractivity contribution in [2.45, 2.75) is 145 Å². The second-order valence-corrected chi connectivity index (χ2v) is 15.6. The molecule has 1 aromatic carbocycles. The lowest BCUT2D eigenvalue weighted by Crippen LogP contribution is -2.79. The number of ether oxygens (including phenoxy) is 4. The van der Waals surface area contributed by atoms with E-state index in [0.29, 0.717) is 25.7 Å². The van der Waals surface area contributed by atoms with E-state index in [2.05, 4.69) is 6.92 Å². The van der Waals surface area contributed by atoms with Gasteiger partial charge in [-0.15, -0.1) is 0 Å². The Labute approximate surface area is 278 Å². The summed E-state index contributed by atoms with van der Waals surface area (Å²) in [5.74, 6) is -0.877. The Morgan fingerprint density at radius 3 is 2.43 bits per heavy atom. The molecule has 0 aromatic heterocycles. The van der Waals surface area contributed by atoms with Crippen molar-refractivity contribution in [3.63, 3.8) is 0 Å². The highest BCUT2D eigenvalue weighted by atomic mass is 16.7. The molecule has 262 valence electrons. The van der Waals surface area contributed by atoms with Crippen molar-refractivity contribution in [1.82, 2.24) is 0 Å². The zero-order chi connectivity index (χ0) is 34.0. The Hall–Kier alpha value is -1.89. The first-order valence-corrected chi connectivity index (χ1v) is 17.4. The molecule has 1 heterocycles. The number of carbonyl (C=O) groups excluding carboxylic acids is 1. The fourth-order valence-electron chi connectivity index (χ4n) is 10.7. The van der Waals surface area contributed by atoms with Gasteiger partial charge in [0.1, 0.15) is 23.4 Å². The first kappa shape index (κ1) is 35.0. The van der Waals surface area contributed by atoms with Crippen molar-refractivity contribution in [3.8, 4) is 0 Å². The summed E-state index contributed by atoms with van der Waals surface area (Å²) in [6, 6.07) is 9.38. The van der Waals surface area contributed by atoms with E-state index in [1.54, 1.807) is 20.1 Å². The van der Waals surface area contributed by atoms with Crippen molar-refractivity contribution < 1.29 is 49.3 Å². The third-order valence-electron chi connectivity index (χ3n) is 13.6. The third-order valence-corrected chi connectivity index (χ3v) is 13.6. The molecule has 0 bridgehead atoms. The molecule has 0 radical (unpaired) electrons. The van der Waals surface area contributed by atoms with E-state index >= 15 is 0 Å². The third kappa shape index (κ3) is 5.33. The quantitative estimate of drug-likeness (QED) is 0.167. The van der Waals surface area contributed by atoms with Crippen molar-refractivity contribution in [2.24, 2.45) is 22.7 Å². The van der Waals surface area contributed by atoms with Gasteiger partial charge in [-0.25, -0.2) is 4.79 Å². The van der Waals surface area contributed by atoms with Gasteiger partial charge in [-0.3, -0.25) is 0 Å². The minimum Gasteiger partial charge on any atom is -0.458 e. The van der Waals surface area contributed by atoms with E-state index in [9.17, 15) is 30.3 Å². The van der Waals surface area contributed by atoms with Crippen LogP contribution in [0, 0.1) is 22.7 Å². The molecule has 0 amide bonds. The van der Waals surface area contributed by atoms with Crippen LogP contribution in [0.3, 0.4) is 0 Å². The van der Waals surface area contributed by atoms with Gasteiger partial charge in [-0.1, -0.05) is 44.2 Å². The van der Waals surface area contributed by atoms with Crippen LogP contribution in [0.4, 0.5) is 0 Å². The maximum atomic E-state index is 13.4. The van der Waals surface area contributed by atoms with Gasteiger partial charge >= 0.3 is 5.97 Å². The van der Waals surface area contributed by atoms with E-state index in [1.807, 2.05) is 37.3 Å². The van der Waals surface area contributed by atoms with Crippen LogP contribution in [0.1, 0.15) is 91.0 Å². The number of aliphatic hydroxyl groups excluding tert-OH is 2. The maximum Gasteiger partial charge on any atom is 0.331 e. The minimum absolute atomic E-state index is 0.0631. The van der Waals surface area contributed by atoms with Crippen LogP contribution in [0.25, 0.3) is 6.08 Å². The molecule has 1 aliphatic heterocycles. The SMILES string of the molecule is COC1CC(OC2CCC3(C)C(CCC4(O)C3CC(OC(=O)C=Cc3ccccc3)C3(C)C(O)(C(C)O)CCC43O)C2)OC(C)C1O. The number of hydrogen-bond acceptors (Lipinski definition) is 10. The summed E-state index contributed by atoms with van der Waals surface area (Å²) >= 11 is 0. The zero-order valence-electron chi connectivity index (χ0n) is 28.4. The lowest BCUT2D eigenvalue weighted by Gasteiger charge is -2.69. The molecule has 1 aromatic rings. The van der Waals surface area contributed by atoms with Crippen LogP contribution in [0.5, 0.6) is 0 Å². The molecule has 4 aliphatic carbocycles. The number of benzene rings is 1. The number of rotatable bonds is 7. The standard InChI is InChI=1S/C37H54O10/c1-22-32(40)27(44-5)20-31(45-22)46-26-14-15-33(3)25(19-26)13-16-36(42)28(33)21-29(47-30(39)12-11-24-9-7-6-8-10-24)34(4)35(41,23(2)38)17-18-37(34,36)43/h6-12,22-23,25-29,31-32,38,40-43H,13-21H2,1-5H3. The fourth-order valence-corrected chi connectivity index (χ4v) is 10.7. The number of esters is 1. The lowest BCUT2D eigenvalue weighted by molar-refractivity contribution is -0.343. The van der Waals surface area contributed by atoms with Gasteiger partial charge in [0.25, 0.3) is 0 Å². The molecule has 10 heteroatoms. The number of carbonyl (C=O) groups is 1. The Balaban J connectivity index is 1.27. The zero-order valence-corrected chi connectivity index (χ0v) is 28.4. The molecule has 14 atom stereocenters. The van der Waals surface area contributed by atoms with E-state index in [1.165, 1.54) is 13.0 Å². The molecule has 5 N–H and O–H groups in total. The average Bonchev–Trinajstić information content (AvgIpc) is 3.27. The predicted molar refractivity (Wildman–Crippen MR) is 173 cm³/mol. The Bertz CT molecular complexity index is 1320. The normalized spacial score (nSPS) is 48.7. The average molecular weight is 659 g/mol. The molecular weight excluding hydrogens is 604 g/mol. The van der Waals surface area contributed by atoms with Crippen LogP contribution in [-0.4, -0.2) is 98.3 Å². The fraction of sp³-hybridized carbons (Fsp3) is 0.757. The second kappa shape index (κ2) is 12.5.